The lowest BCUT2D eigenvalue weighted by molar-refractivity contribution is 0.0597. The van der Waals surface area contributed by atoms with Gasteiger partial charge in [0.2, 0.25) is 0 Å². The van der Waals surface area contributed by atoms with Gasteiger partial charge in [-0.05, 0) is 29.8 Å². The maximum Gasteiger partial charge on any atom is 0.341 e. The summed E-state index contributed by atoms with van der Waals surface area (Å²) in [6.45, 7) is 4.06. The first-order valence-corrected chi connectivity index (χ1v) is 7.87. The van der Waals surface area contributed by atoms with Gasteiger partial charge in [-0.15, -0.1) is 11.3 Å². The zero-order valence-corrected chi connectivity index (χ0v) is 13.9. The number of thiazole rings is 1. The van der Waals surface area contributed by atoms with E-state index in [0.717, 1.165) is 10.3 Å². The first kappa shape index (κ1) is 16.1. The third kappa shape index (κ3) is 2.88. The first-order valence-electron chi connectivity index (χ1n) is 7.05. The summed E-state index contributed by atoms with van der Waals surface area (Å²) in [4.78, 5) is 16.3. The Balaban J connectivity index is 2.03. The SMILES string of the molecule is C=C(c1ccc(OC)c(C(=O)OC)c1)c1nc2cc(F)ccc2s1. The zero-order chi connectivity index (χ0) is 17.3. The van der Waals surface area contributed by atoms with Crippen molar-refractivity contribution in [1.82, 2.24) is 4.98 Å². The number of rotatable bonds is 4. The number of hydrogen-bond donors (Lipinski definition) is 0. The molecule has 0 aliphatic carbocycles. The number of carbonyl (C=O) groups excluding carboxylic acids is 1. The molecule has 0 unspecified atom stereocenters. The molecule has 0 fully saturated rings. The predicted octanol–water partition coefficient (Wildman–Crippen LogP) is 4.29. The van der Waals surface area contributed by atoms with Crippen LogP contribution in [-0.4, -0.2) is 25.2 Å². The Morgan fingerprint density at radius 2 is 2.00 bits per heavy atom. The van der Waals surface area contributed by atoms with Crippen molar-refractivity contribution in [3.8, 4) is 5.75 Å². The molecule has 24 heavy (non-hydrogen) atoms. The topological polar surface area (TPSA) is 48.4 Å². The van der Waals surface area contributed by atoms with Crippen molar-refractivity contribution in [1.29, 1.82) is 0 Å². The summed E-state index contributed by atoms with van der Waals surface area (Å²) in [5.41, 5.74) is 2.25. The highest BCUT2D eigenvalue weighted by Crippen LogP contribution is 2.32. The smallest absolute Gasteiger partial charge is 0.341 e. The summed E-state index contributed by atoms with van der Waals surface area (Å²) in [7, 11) is 2.80. The number of nitrogens with zero attached hydrogens (tertiary/aromatic N) is 1. The van der Waals surface area contributed by atoms with E-state index in [1.165, 1.54) is 37.7 Å². The van der Waals surface area contributed by atoms with Gasteiger partial charge in [-0.3, -0.25) is 0 Å². The first-order chi connectivity index (χ1) is 11.5. The molecule has 0 spiro atoms. The summed E-state index contributed by atoms with van der Waals surface area (Å²) in [5.74, 6) is -0.403. The van der Waals surface area contributed by atoms with Crippen LogP contribution >= 0.6 is 11.3 Å². The van der Waals surface area contributed by atoms with Gasteiger partial charge in [-0.2, -0.15) is 0 Å². The molecule has 4 nitrogen and oxygen atoms in total. The normalized spacial score (nSPS) is 10.6. The van der Waals surface area contributed by atoms with E-state index in [1.54, 1.807) is 24.3 Å². The molecule has 0 atom stereocenters. The molecule has 0 aliphatic heterocycles. The van der Waals surface area contributed by atoms with Gasteiger partial charge in [0.1, 0.15) is 22.1 Å². The van der Waals surface area contributed by atoms with Crippen molar-refractivity contribution >= 4 is 33.1 Å². The van der Waals surface area contributed by atoms with Crippen LogP contribution in [0.2, 0.25) is 0 Å². The maximum absolute atomic E-state index is 13.3. The lowest BCUT2D eigenvalue weighted by atomic mass is 10.0. The van der Waals surface area contributed by atoms with Crippen LogP contribution in [-0.2, 0) is 4.74 Å². The highest BCUT2D eigenvalue weighted by Gasteiger charge is 2.16. The van der Waals surface area contributed by atoms with E-state index < -0.39 is 5.97 Å². The van der Waals surface area contributed by atoms with E-state index in [1.807, 2.05) is 0 Å². The fraction of sp³-hybridized carbons (Fsp3) is 0.111. The van der Waals surface area contributed by atoms with Crippen molar-refractivity contribution in [3.05, 3.63) is 64.9 Å². The molecule has 0 amide bonds. The number of hydrogen-bond acceptors (Lipinski definition) is 5. The van der Waals surface area contributed by atoms with Gasteiger partial charge in [0.05, 0.1) is 24.4 Å². The van der Waals surface area contributed by atoms with Crippen molar-refractivity contribution in [3.63, 3.8) is 0 Å². The highest BCUT2D eigenvalue weighted by atomic mass is 32.1. The number of ether oxygens (including phenoxy) is 2. The van der Waals surface area contributed by atoms with Crippen LogP contribution in [0.25, 0.3) is 15.8 Å². The average molecular weight is 343 g/mol. The quantitative estimate of drug-likeness (QED) is 0.663. The van der Waals surface area contributed by atoms with E-state index in [-0.39, 0.29) is 5.82 Å². The van der Waals surface area contributed by atoms with Crippen LogP contribution in [0.15, 0.2) is 43.0 Å². The standard InChI is InChI=1S/C18H14FNO3S/c1-10(17-20-14-9-12(19)5-7-16(14)24-17)11-4-6-15(22-2)13(8-11)18(21)23-3/h4-9H,1H2,2-3H3. The van der Waals surface area contributed by atoms with E-state index in [2.05, 4.69) is 11.6 Å². The van der Waals surface area contributed by atoms with Crippen LogP contribution in [0.4, 0.5) is 4.39 Å². The van der Waals surface area contributed by atoms with Crippen molar-refractivity contribution < 1.29 is 18.7 Å². The van der Waals surface area contributed by atoms with E-state index >= 15 is 0 Å². The Bertz CT molecular complexity index is 949. The Kier molecular flexibility index (Phi) is 4.31. The Morgan fingerprint density at radius 1 is 1.21 bits per heavy atom. The number of benzene rings is 2. The number of carbonyl (C=O) groups is 1. The van der Waals surface area contributed by atoms with E-state index in [0.29, 0.717) is 27.4 Å². The van der Waals surface area contributed by atoms with Crippen molar-refractivity contribution in [2.75, 3.05) is 14.2 Å². The third-order valence-corrected chi connectivity index (χ3v) is 4.66. The van der Waals surface area contributed by atoms with E-state index in [9.17, 15) is 9.18 Å². The summed E-state index contributed by atoms with van der Waals surface area (Å²) < 4.78 is 24.1. The minimum Gasteiger partial charge on any atom is -0.496 e. The van der Waals surface area contributed by atoms with Gasteiger partial charge < -0.3 is 9.47 Å². The molecule has 0 bridgehead atoms. The minimum atomic E-state index is -0.493. The third-order valence-electron chi connectivity index (χ3n) is 3.56. The van der Waals surface area contributed by atoms with Gasteiger partial charge >= 0.3 is 5.97 Å². The molecule has 0 saturated carbocycles. The fourth-order valence-electron chi connectivity index (χ4n) is 2.32. The number of fused-ring (bicyclic) bond motifs is 1. The zero-order valence-electron chi connectivity index (χ0n) is 13.1. The summed E-state index contributed by atoms with van der Waals surface area (Å²) in [6, 6.07) is 9.60. The number of methoxy groups -OCH3 is 2. The molecular weight excluding hydrogens is 329 g/mol. The van der Waals surface area contributed by atoms with Gasteiger partial charge in [-0.25, -0.2) is 14.2 Å². The maximum atomic E-state index is 13.3. The number of aromatic nitrogens is 1. The highest BCUT2D eigenvalue weighted by molar-refractivity contribution is 7.19. The van der Waals surface area contributed by atoms with Crippen molar-refractivity contribution in [2.45, 2.75) is 0 Å². The molecule has 3 aromatic rings. The number of halogens is 1. The van der Waals surface area contributed by atoms with Gasteiger partial charge in [0.25, 0.3) is 0 Å². The Hall–Kier alpha value is -2.73. The van der Waals surface area contributed by atoms with Crippen LogP contribution in [0.1, 0.15) is 20.9 Å². The monoisotopic (exact) mass is 343 g/mol. The Labute approximate surface area is 142 Å². The molecule has 6 heteroatoms. The molecule has 3 rings (SSSR count). The summed E-state index contributed by atoms with van der Waals surface area (Å²) in [6.07, 6.45) is 0. The molecule has 1 aromatic heterocycles. The molecule has 0 saturated heterocycles. The molecule has 0 N–H and O–H groups in total. The lowest BCUT2D eigenvalue weighted by Crippen LogP contribution is -2.05. The molecule has 0 radical (unpaired) electrons. The predicted molar refractivity (Wildman–Crippen MR) is 92.0 cm³/mol. The van der Waals surface area contributed by atoms with E-state index in [4.69, 9.17) is 9.47 Å². The number of esters is 1. The second kappa shape index (κ2) is 6.41. The minimum absolute atomic E-state index is 0.311. The molecule has 2 aromatic carbocycles. The van der Waals surface area contributed by atoms with Gasteiger partial charge in [0, 0.05) is 11.6 Å². The van der Waals surface area contributed by atoms with Crippen molar-refractivity contribution in [2.24, 2.45) is 0 Å². The van der Waals surface area contributed by atoms with Crippen LogP contribution < -0.4 is 4.74 Å². The molecule has 1 heterocycles. The van der Waals surface area contributed by atoms with Crippen LogP contribution in [0.5, 0.6) is 5.75 Å². The molecular formula is C18H14FNO3S. The van der Waals surface area contributed by atoms with Gasteiger partial charge in [-0.1, -0.05) is 12.6 Å². The average Bonchev–Trinajstić information content (AvgIpc) is 3.02. The van der Waals surface area contributed by atoms with Gasteiger partial charge in [0.15, 0.2) is 0 Å². The second-order valence-corrected chi connectivity index (χ2v) is 6.05. The summed E-state index contributed by atoms with van der Waals surface area (Å²) in [5, 5.41) is 0.664. The second-order valence-electron chi connectivity index (χ2n) is 5.02. The van der Waals surface area contributed by atoms with Crippen LogP contribution in [0.3, 0.4) is 0 Å². The molecule has 0 aliphatic rings. The lowest BCUT2D eigenvalue weighted by Gasteiger charge is -2.09. The summed E-state index contributed by atoms with van der Waals surface area (Å²) >= 11 is 1.41. The molecule has 122 valence electrons. The largest absolute Gasteiger partial charge is 0.496 e. The van der Waals surface area contributed by atoms with Crippen LogP contribution in [0, 0.1) is 5.82 Å². The Morgan fingerprint density at radius 3 is 2.71 bits per heavy atom. The fourth-order valence-corrected chi connectivity index (χ4v) is 3.26.